The molecule has 2 amide bonds. The number of esters is 1. The van der Waals surface area contributed by atoms with Crippen LogP contribution in [-0.4, -0.2) is 66.3 Å². The van der Waals surface area contributed by atoms with Crippen molar-refractivity contribution in [3.05, 3.63) is 12.4 Å². The number of carbonyl (C=O) groups is 3. The average Bonchev–Trinajstić information content (AvgIpc) is 3.19. The third kappa shape index (κ3) is 3.61. The van der Waals surface area contributed by atoms with Gasteiger partial charge in [-0.05, 0) is 12.8 Å². The topological polar surface area (TPSA) is 85.4 Å². The molecule has 0 aromatic rings. The van der Waals surface area contributed by atoms with Gasteiger partial charge in [-0.2, -0.15) is 0 Å². The Labute approximate surface area is 154 Å². The van der Waals surface area contributed by atoms with Gasteiger partial charge in [-0.15, -0.1) is 0 Å². The van der Waals surface area contributed by atoms with E-state index < -0.39 is 17.7 Å². The van der Waals surface area contributed by atoms with Gasteiger partial charge in [0.15, 0.2) is 5.72 Å². The molecule has 1 saturated heterocycles. The predicted octanol–water partition coefficient (Wildman–Crippen LogP) is 1.40. The molecule has 2 aliphatic heterocycles. The van der Waals surface area contributed by atoms with Gasteiger partial charge >= 0.3 is 5.97 Å². The van der Waals surface area contributed by atoms with Crippen molar-refractivity contribution >= 4 is 17.8 Å². The fourth-order valence-electron chi connectivity index (χ4n) is 3.68. The fraction of sp³-hybridized carbons (Fsp3) is 0.722. The maximum atomic E-state index is 12.6. The maximum Gasteiger partial charge on any atom is 0.310 e. The predicted molar refractivity (Wildman–Crippen MR) is 92.5 cm³/mol. The van der Waals surface area contributed by atoms with E-state index in [9.17, 15) is 14.4 Å². The largest absolute Gasteiger partial charge is 0.469 e. The zero-order chi connectivity index (χ0) is 19.3. The van der Waals surface area contributed by atoms with E-state index in [1.54, 1.807) is 24.9 Å². The second-order valence-corrected chi connectivity index (χ2v) is 6.37. The number of amides is 2. The highest BCUT2D eigenvalue weighted by atomic mass is 16.5. The first kappa shape index (κ1) is 20.4. The quantitative estimate of drug-likeness (QED) is 0.659. The molecule has 3 unspecified atom stereocenters. The van der Waals surface area contributed by atoms with Crippen LogP contribution in [0.4, 0.5) is 0 Å². The lowest BCUT2D eigenvalue weighted by molar-refractivity contribution is -0.207. The normalized spacial score (nSPS) is 28.3. The Hall–Kier alpha value is -1.93. The Morgan fingerprint density at radius 2 is 1.85 bits per heavy atom. The summed E-state index contributed by atoms with van der Waals surface area (Å²) in [6, 6.07) is -0.637. The molecule has 3 atom stereocenters. The standard InChI is InChI=1S/C18H28N2O6/c1-5-14(21)19-9-10-20(15(22)6-2)18(25-4,12-16(23)24-3)17(19)13-8-7-11-26-13/h9-10,13,17H,5-8,11-12H2,1-4H3. The van der Waals surface area contributed by atoms with Crippen molar-refractivity contribution in [2.75, 3.05) is 20.8 Å². The molecule has 26 heavy (non-hydrogen) atoms. The molecule has 1 fully saturated rings. The summed E-state index contributed by atoms with van der Waals surface area (Å²) in [5, 5.41) is 0. The zero-order valence-corrected chi connectivity index (χ0v) is 15.9. The van der Waals surface area contributed by atoms with Gasteiger partial charge in [0.2, 0.25) is 11.8 Å². The molecule has 0 spiro atoms. The van der Waals surface area contributed by atoms with E-state index in [-0.39, 0.29) is 37.2 Å². The van der Waals surface area contributed by atoms with Crippen LogP contribution in [0.2, 0.25) is 0 Å². The van der Waals surface area contributed by atoms with Crippen molar-refractivity contribution in [1.29, 1.82) is 0 Å². The van der Waals surface area contributed by atoms with Crippen LogP contribution in [0.3, 0.4) is 0 Å². The second kappa shape index (κ2) is 8.64. The summed E-state index contributed by atoms with van der Waals surface area (Å²) in [6.07, 6.45) is 4.63. The Kier molecular flexibility index (Phi) is 6.77. The van der Waals surface area contributed by atoms with E-state index >= 15 is 0 Å². The summed E-state index contributed by atoms with van der Waals surface area (Å²) in [7, 11) is 2.72. The van der Waals surface area contributed by atoms with Crippen molar-refractivity contribution in [1.82, 2.24) is 9.80 Å². The molecule has 0 radical (unpaired) electrons. The maximum absolute atomic E-state index is 12.6. The molecule has 0 aromatic carbocycles. The van der Waals surface area contributed by atoms with E-state index in [2.05, 4.69) is 0 Å². The fourth-order valence-corrected chi connectivity index (χ4v) is 3.68. The first-order chi connectivity index (χ1) is 12.4. The Bertz CT molecular complexity index is 572. The highest BCUT2D eigenvalue weighted by molar-refractivity contribution is 5.82. The van der Waals surface area contributed by atoms with Crippen LogP contribution >= 0.6 is 0 Å². The molecule has 0 aromatic heterocycles. The lowest BCUT2D eigenvalue weighted by Gasteiger charge is -2.52. The van der Waals surface area contributed by atoms with Crippen molar-refractivity contribution in [3.63, 3.8) is 0 Å². The Morgan fingerprint density at radius 1 is 1.15 bits per heavy atom. The monoisotopic (exact) mass is 368 g/mol. The minimum Gasteiger partial charge on any atom is -0.469 e. The van der Waals surface area contributed by atoms with Crippen molar-refractivity contribution < 1.29 is 28.6 Å². The van der Waals surface area contributed by atoms with Gasteiger partial charge in [-0.3, -0.25) is 19.3 Å². The van der Waals surface area contributed by atoms with Gasteiger partial charge in [-0.25, -0.2) is 0 Å². The van der Waals surface area contributed by atoms with E-state index in [4.69, 9.17) is 14.2 Å². The molecule has 0 saturated carbocycles. The first-order valence-corrected chi connectivity index (χ1v) is 9.00. The Morgan fingerprint density at radius 3 is 2.35 bits per heavy atom. The summed E-state index contributed by atoms with van der Waals surface area (Å²) in [5.41, 5.74) is -1.38. The molecule has 0 aliphatic carbocycles. The van der Waals surface area contributed by atoms with Gasteiger partial charge in [0.25, 0.3) is 0 Å². The minimum absolute atomic E-state index is 0.128. The first-order valence-electron chi connectivity index (χ1n) is 9.00. The SMILES string of the molecule is CCC(=O)N1C=CN(C(=O)CC)C(CC(=O)OC)(OC)C1C1CCCO1. The molecule has 8 heteroatoms. The van der Waals surface area contributed by atoms with Crippen molar-refractivity contribution in [2.45, 2.75) is 63.8 Å². The minimum atomic E-state index is -1.38. The molecular formula is C18H28N2O6. The summed E-state index contributed by atoms with van der Waals surface area (Å²) in [6.45, 7) is 4.07. The summed E-state index contributed by atoms with van der Waals surface area (Å²) >= 11 is 0. The Balaban J connectivity index is 2.59. The summed E-state index contributed by atoms with van der Waals surface area (Å²) in [4.78, 5) is 40.4. The second-order valence-electron chi connectivity index (χ2n) is 6.37. The summed E-state index contributed by atoms with van der Waals surface area (Å²) < 4.78 is 16.5. The van der Waals surface area contributed by atoms with Gasteiger partial charge in [0, 0.05) is 39.0 Å². The molecule has 0 bridgehead atoms. The van der Waals surface area contributed by atoms with Crippen LogP contribution in [-0.2, 0) is 28.6 Å². The van der Waals surface area contributed by atoms with E-state index in [0.29, 0.717) is 13.0 Å². The van der Waals surface area contributed by atoms with Gasteiger partial charge in [0.1, 0.15) is 6.04 Å². The smallest absolute Gasteiger partial charge is 0.310 e. The zero-order valence-electron chi connectivity index (χ0n) is 15.9. The number of hydrogen-bond acceptors (Lipinski definition) is 6. The van der Waals surface area contributed by atoms with Crippen LogP contribution in [0, 0.1) is 0 Å². The highest BCUT2D eigenvalue weighted by Gasteiger charge is 2.56. The van der Waals surface area contributed by atoms with Crippen LogP contribution in [0.15, 0.2) is 12.4 Å². The molecule has 2 rings (SSSR count). The number of hydrogen-bond donors (Lipinski definition) is 0. The molecule has 8 nitrogen and oxygen atoms in total. The summed E-state index contributed by atoms with van der Waals surface area (Å²) in [5.74, 6) is -0.863. The van der Waals surface area contributed by atoms with Gasteiger partial charge < -0.3 is 19.1 Å². The number of ether oxygens (including phenoxy) is 3. The molecule has 146 valence electrons. The molecule has 2 aliphatic rings. The highest BCUT2D eigenvalue weighted by Crippen LogP contribution is 2.39. The van der Waals surface area contributed by atoms with E-state index in [0.717, 1.165) is 6.42 Å². The van der Waals surface area contributed by atoms with Crippen molar-refractivity contribution in [3.8, 4) is 0 Å². The number of methoxy groups -OCH3 is 2. The number of nitrogens with zero attached hydrogens (tertiary/aromatic N) is 2. The number of carbonyl (C=O) groups excluding carboxylic acids is 3. The molecule has 2 heterocycles. The van der Waals surface area contributed by atoms with Crippen molar-refractivity contribution in [2.24, 2.45) is 0 Å². The van der Waals surface area contributed by atoms with Gasteiger partial charge in [-0.1, -0.05) is 13.8 Å². The lowest BCUT2D eigenvalue weighted by atomic mass is 9.88. The van der Waals surface area contributed by atoms with Crippen LogP contribution in [0.5, 0.6) is 0 Å². The van der Waals surface area contributed by atoms with Crippen LogP contribution in [0.1, 0.15) is 46.0 Å². The van der Waals surface area contributed by atoms with E-state index in [1.165, 1.54) is 25.3 Å². The third-order valence-corrected chi connectivity index (χ3v) is 5.00. The van der Waals surface area contributed by atoms with Crippen LogP contribution < -0.4 is 0 Å². The van der Waals surface area contributed by atoms with E-state index in [1.807, 2.05) is 0 Å². The van der Waals surface area contributed by atoms with Gasteiger partial charge in [0.05, 0.1) is 19.6 Å². The molecule has 0 N–H and O–H groups in total. The van der Waals surface area contributed by atoms with Crippen LogP contribution in [0.25, 0.3) is 0 Å². The molecular weight excluding hydrogens is 340 g/mol. The third-order valence-electron chi connectivity index (χ3n) is 5.00. The lowest BCUT2D eigenvalue weighted by Crippen LogP contribution is -2.69. The number of rotatable bonds is 6. The average molecular weight is 368 g/mol.